The number of rotatable bonds is 4. The van der Waals surface area contributed by atoms with Crippen molar-refractivity contribution in [2.45, 2.75) is 50.9 Å². The van der Waals surface area contributed by atoms with Gasteiger partial charge in [0.05, 0.1) is 5.33 Å². The maximum Gasteiger partial charge on any atom is 0.282 e. The van der Waals surface area contributed by atoms with Crippen LogP contribution in [0.1, 0.15) is 56.1 Å². The molecule has 1 aliphatic carbocycles. The van der Waals surface area contributed by atoms with Crippen molar-refractivity contribution in [3.05, 3.63) is 35.4 Å². The largest absolute Gasteiger partial charge is 0.282 e. The first-order valence-corrected chi connectivity index (χ1v) is 8.23. The average Bonchev–Trinajstić information content (AvgIpc) is 2.47. The first-order chi connectivity index (χ1) is 9.06. The summed E-state index contributed by atoms with van der Waals surface area (Å²) in [5.74, 6) is -1.33. The van der Waals surface area contributed by atoms with E-state index in [1.165, 1.54) is 37.7 Å². The van der Waals surface area contributed by atoms with Crippen LogP contribution in [-0.2, 0) is 5.92 Å². The summed E-state index contributed by atoms with van der Waals surface area (Å²) in [6.45, 7) is 2.25. The van der Waals surface area contributed by atoms with Gasteiger partial charge in [0.15, 0.2) is 0 Å². The van der Waals surface area contributed by atoms with Gasteiger partial charge in [0.1, 0.15) is 0 Å². The van der Waals surface area contributed by atoms with E-state index in [9.17, 15) is 8.78 Å². The van der Waals surface area contributed by atoms with E-state index in [0.29, 0.717) is 5.92 Å². The van der Waals surface area contributed by atoms with Crippen molar-refractivity contribution in [3.63, 3.8) is 0 Å². The SMILES string of the molecule is CCC1CCC(c2ccc(C(F)(F)CBr)cc2)CC1. The second-order valence-electron chi connectivity index (χ2n) is 5.59. The summed E-state index contributed by atoms with van der Waals surface area (Å²) in [6, 6.07) is 6.96. The van der Waals surface area contributed by atoms with Crippen LogP contribution in [0.4, 0.5) is 8.78 Å². The van der Waals surface area contributed by atoms with Gasteiger partial charge in [0.2, 0.25) is 0 Å². The maximum absolute atomic E-state index is 13.5. The lowest BCUT2D eigenvalue weighted by atomic mass is 9.78. The first-order valence-electron chi connectivity index (χ1n) is 7.11. The summed E-state index contributed by atoms with van der Waals surface area (Å²) in [5.41, 5.74) is 1.33. The molecule has 19 heavy (non-hydrogen) atoms. The molecule has 1 aliphatic rings. The van der Waals surface area contributed by atoms with Gasteiger partial charge in [-0.25, -0.2) is 8.78 Å². The van der Waals surface area contributed by atoms with Crippen LogP contribution in [0.5, 0.6) is 0 Å². The van der Waals surface area contributed by atoms with E-state index in [-0.39, 0.29) is 10.9 Å². The molecule has 0 aliphatic heterocycles. The van der Waals surface area contributed by atoms with Crippen LogP contribution in [0.3, 0.4) is 0 Å². The van der Waals surface area contributed by atoms with Crippen LogP contribution in [0, 0.1) is 5.92 Å². The minimum absolute atomic E-state index is 0.107. The zero-order chi connectivity index (χ0) is 13.9. The average molecular weight is 331 g/mol. The molecule has 0 aromatic heterocycles. The van der Waals surface area contributed by atoms with Crippen molar-refractivity contribution in [3.8, 4) is 0 Å². The van der Waals surface area contributed by atoms with Gasteiger partial charge in [-0.1, -0.05) is 53.5 Å². The van der Waals surface area contributed by atoms with Crippen LogP contribution in [0.2, 0.25) is 0 Å². The van der Waals surface area contributed by atoms with Crippen LogP contribution in [-0.4, -0.2) is 5.33 Å². The van der Waals surface area contributed by atoms with Gasteiger partial charge in [-0.05, 0) is 43.1 Å². The van der Waals surface area contributed by atoms with E-state index >= 15 is 0 Å². The number of alkyl halides is 3. The molecule has 1 fully saturated rings. The fourth-order valence-corrected chi connectivity index (χ4v) is 3.30. The van der Waals surface area contributed by atoms with Crippen LogP contribution in [0.15, 0.2) is 24.3 Å². The van der Waals surface area contributed by atoms with Gasteiger partial charge in [0, 0.05) is 5.56 Å². The monoisotopic (exact) mass is 330 g/mol. The maximum atomic E-state index is 13.5. The Morgan fingerprint density at radius 3 is 2.16 bits per heavy atom. The topological polar surface area (TPSA) is 0 Å². The third-order valence-electron chi connectivity index (χ3n) is 4.40. The Bertz CT molecular complexity index is 392. The third kappa shape index (κ3) is 3.56. The Morgan fingerprint density at radius 2 is 1.68 bits per heavy atom. The molecule has 0 atom stereocenters. The lowest BCUT2D eigenvalue weighted by Gasteiger charge is -2.28. The highest BCUT2D eigenvalue weighted by Crippen LogP contribution is 2.38. The van der Waals surface area contributed by atoms with Gasteiger partial charge in [-0.15, -0.1) is 0 Å². The molecule has 0 unspecified atom stereocenters. The van der Waals surface area contributed by atoms with E-state index in [1.54, 1.807) is 12.1 Å². The van der Waals surface area contributed by atoms with Crippen molar-refractivity contribution >= 4 is 15.9 Å². The lowest BCUT2D eigenvalue weighted by molar-refractivity contribution is 0.0245. The summed E-state index contributed by atoms with van der Waals surface area (Å²) < 4.78 is 27.0. The molecule has 3 heteroatoms. The second kappa shape index (κ2) is 6.34. The summed E-state index contributed by atoms with van der Waals surface area (Å²) >= 11 is 2.87. The second-order valence-corrected chi connectivity index (χ2v) is 6.15. The van der Waals surface area contributed by atoms with Crippen molar-refractivity contribution in [1.82, 2.24) is 0 Å². The first kappa shape index (κ1) is 15.0. The Kier molecular flexibility index (Phi) is 4.99. The molecular weight excluding hydrogens is 310 g/mol. The standard InChI is InChI=1S/C16H21BrF2/c1-2-12-3-5-13(6-4-12)14-7-9-15(10-8-14)16(18,19)11-17/h7-10,12-13H,2-6,11H2,1H3. The minimum atomic E-state index is -2.77. The van der Waals surface area contributed by atoms with E-state index in [2.05, 4.69) is 22.9 Å². The number of hydrogen-bond acceptors (Lipinski definition) is 0. The van der Waals surface area contributed by atoms with Crippen molar-refractivity contribution in [1.29, 1.82) is 0 Å². The molecule has 0 nitrogen and oxygen atoms in total. The van der Waals surface area contributed by atoms with Crippen LogP contribution >= 0.6 is 15.9 Å². The molecule has 0 radical (unpaired) electrons. The third-order valence-corrected chi connectivity index (χ3v) is 5.10. The summed E-state index contributed by atoms with van der Waals surface area (Å²) in [4.78, 5) is 0. The number of hydrogen-bond donors (Lipinski definition) is 0. The van der Waals surface area contributed by atoms with Crippen LogP contribution in [0.25, 0.3) is 0 Å². The smallest absolute Gasteiger partial charge is 0.200 e. The normalized spacial score (nSPS) is 24.4. The fourth-order valence-electron chi connectivity index (χ4n) is 2.98. The molecule has 0 bridgehead atoms. The molecule has 0 heterocycles. The van der Waals surface area contributed by atoms with Crippen molar-refractivity contribution in [2.24, 2.45) is 5.92 Å². The Hall–Kier alpha value is -0.440. The van der Waals surface area contributed by atoms with Gasteiger partial charge in [-0.2, -0.15) is 0 Å². The predicted molar refractivity (Wildman–Crippen MR) is 79.1 cm³/mol. The Labute approximate surface area is 122 Å². The van der Waals surface area contributed by atoms with Crippen molar-refractivity contribution in [2.75, 3.05) is 5.33 Å². The van der Waals surface area contributed by atoms with Gasteiger partial charge < -0.3 is 0 Å². The highest BCUT2D eigenvalue weighted by atomic mass is 79.9. The predicted octanol–water partition coefficient (Wildman–Crippen LogP) is 5.86. The van der Waals surface area contributed by atoms with Gasteiger partial charge in [0.25, 0.3) is 5.92 Å². The zero-order valence-corrected chi connectivity index (χ0v) is 12.9. The zero-order valence-electron chi connectivity index (χ0n) is 11.3. The molecular formula is C16H21BrF2. The lowest BCUT2D eigenvalue weighted by Crippen LogP contribution is -2.16. The summed E-state index contributed by atoms with van der Waals surface area (Å²) in [7, 11) is 0. The molecule has 106 valence electrons. The number of benzene rings is 1. The molecule has 0 saturated heterocycles. The molecule has 0 spiro atoms. The summed E-state index contributed by atoms with van der Waals surface area (Å²) in [6.07, 6.45) is 6.23. The molecule has 1 aromatic rings. The molecule has 1 saturated carbocycles. The van der Waals surface area contributed by atoms with Crippen molar-refractivity contribution < 1.29 is 8.78 Å². The highest BCUT2D eigenvalue weighted by Gasteiger charge is 2.30. The van der Waals surface area contributed by atoms with E-state index < -0.39 is 5.92 Å². The highest BCUT2D eigenvalue weighted by molar-refractivity contribution is 9.09. The Balaban J connectivity index is 2.03. The molecule has 2 rings (SSSR count). The van der Waals surface area contributed by atoms with E-state index in [0.717, 1.165) is 5.92 Å². The molecule has 0 amide bonds. The van der Waals surface area contributed by atoms with Crippen LogP contribution < -0.4 is 0 Å². The van der Waals surface area contributed by atoms with E-state index in [4.69, 9.17) is 0 Å². The molecule has 0 N–H and O–H groups in total. The summed E-state index contributed by atoms with van der Waals surface area (Å²) in [5, 5.41) is -0.318. The fraction of sp³-hybridized carbons (Fsp3) is 0.625. The van der Waals surface area contributed by atoms with Gasteiger partial charge >= 0.3 is 0 Å². The molecule has 1 aromatic carbocycles. The number of halogens is 3. The quantitative estimate of drug-likeness (QED) is 0.607. The minimum Gasteiger partial charge on any atom is -0.200 e. The Morgan fingerprint density at radius 1 is 1.11 bits per heavy atom. The van der Waals surface area contributed by atoms with E-state index in [1.807, 2.05) is 12.1 Å². The van der Waals surface area contributed by atoms with Gasteiger partial charge in [-0.3, -0.25) is 0 Å².